The van der Waals surface area contributed by atoms with Crippen LogP contribution in [0.2, 0.25) is 0 Å². The molecule has 1 N–H and O–H groups in total. The predicted molar refractivity (Wildman–Crippen MR) is 102 cm³/mol. The number of hydrogen-bond donors (Lipinski definition) is 1. The van der Waals surface area contributed by atoms with Gasteiger partial charge in [0.2, 0.25) is 0 Å². The third kappa shape index (κ3) is 3.52. The zero-order valence-corrected chi connectivity index (χ0v) is 15.7. The number of aryl methyl sites for hydroxylation is 2. The van der Waals surface area contributed by atoms with Gasteiger partial charge in [-0.1, -0.05) is 35.5 Å². The van der Waals surface area contributed by atoms with E-state index in [2.05, 4.69) is 39.6 Å². The summed E-state index contributed by atoms with van der Waals surface area (Å²) in [5.74, 6) is 0.871. The predicted octanol–water partition coefficient (Wildman–Crippen LogP) is 3.63. The Labute approximate surface area is 158 Å². The van der Waals surface area contributed by atoms with Crippen molar-refractivity contribution in [3.05, 3.63) is 70.4 Å². The summed E-state index contributed by atoms with van der Waals surface area (Å²) in [6.45, 7) is 5.06. The summed E-state index contributed by atoms with van der Waals surface area (Å²) in [4.78, 5) is 14.9. The molecule has 6 nitrogen and oxygen atoms in total. The molecular formula is C21H24N4O2. The summed E-state index contributed by atoms with van der Waals surface area (Å²) in [5, 5.41) is 11.4. The van der Waals surface area contributed by atoms with Crippen LogP contribution < -0.4 is 0 Å². The number of likely N-dealkylation sites (tertiary alicyclic amines) is 1. The third-order valence-electron chi connectivity index (χ3n) is 5.35. The van der Waals surface area contributed by atoms with Crippen molar-refractivity contribution in [3.8, 4) is 0 Å². The Morgan fingerprint density at radius 3 is 2.85 bits per heavy atom. The smallest absolute Gasteiger partial charge is 0.259 e. The first-order valence-corrected chi connectivity index (χ1v) is 9.41. The topological polar surface area (TPSA) is 75.0 Å². The lowest BCUT2D eigenvalue weighted by molar-refractivity contribution is 0.0703. The molecule has 1 fully saturated rings. The standard InChI is InChI=1S/C21H24N4O2/c1-14-19(15(2)27-24-14)21(26)25-10-6-9-17(13-25)20-18(12-22-23-20)11-16-7-4-3-5-8-16/h3-5,7-8,12,17H,6,9-11,13H2,1-2H3,(H,22,23). The van der Waals surface area contributed by atoms with Gasteiger partial charge < -0.3 is 9.42 Å². The van der Waals surface area contributed by atoms with Gasteiger partial charge in [0, 0.05) is 31.1 Å². The van der Waals surface area contributed by atoms with E-state index in [-0.39, 0.29) is 11.8 Å². The molecule has 3 heterocycles. The lowest BCUT2D eigenvalue weighted by Crippen LogP contribution is -2.39. The highest BCUT2D eigenvalue weighted by molar-refractivity contribution is 5.96. The molecule has 6 heteroatoms. The molecule has 4 rings (SSSR count). The number of aromatic nitrogens is 3. The van der Waals surface area contributed by atoms with Gasteiger partial charge in [0.15, 0.2) is 0 Å². The number of nitrogens with zero attached hydrogens (tertiary/aromatic N) is 3. The summed E-state index contributed by atoms with van der Waals surface area (Å²) in [6, 6.07) is 10.4. The molecule has 27 heavy (non-hydrogen) atoms. The van der Waals surface area contributed by atoms with Gasteiger partial charge in [-0.3, -0.25) is 9.89 Å². The van der Waals surface area contributed by atoms with Crippen molar-refractivity contribution in [3.63, 3.8) is 0 Å². The van der Waals surface area contributed by atoms with Crippen molar-refractivity contribution in [2.75, 3.05) is 13.1 Å². The Hall–Kier alpha value is -2.89. The van der Waals surface area contributed by atoms with Gasteiger partial charge in [0.25, 0.3) is 5.91 Å². The van der Waals surface area contributed by atoms with E-state index in [1.165, 1.54) is 11.1 Å². The minimum absolute atomic E-state index is 0.0140. The number of hydrogen-bond acceptors (Lipinski definition) is 4. The molecule has 140 valence electrons. The van der Waals surface area contributed by atoms with Gasteiger partial charge in [-0.15, -0.1) is 0 Å². The first-order chi connectivity index (χ1) is 13.1. The number of aromatic amines is 1. The maximum atomic E-state index is 13.0. The van der Waals surface area contributed by atoms with Gasteiger partial charge in [-0.05, 0) is 37.8 Å². The Morgan fingerprint density at radius 2 is 2.11 bits per heavy atom. The number of benzene rings is 1. The van der Waals surface area contributed by atoms with Crippen molar-refractivity contribution in [1.82, 2.24) is 20.3 Å². The highest BCUT2D eigenvalue weighted by Gasteiger charge is 2.30. The van der Waals surface area contributed by atoms with E-state index in [4.69, 9.17) is 4.52 Å². The minimum atomic E-state index is 0.0140. The summed E-state index contributed by atoms with van der Waals surface area (Å²) in [7, 11) is 0. The molecule has 1 aliphatic heterocycles. The summed E-state index contributed by atoms with van der Waals surface area (Å²) in [6.07, 6.45) is 4.79. The lowest BCUT2D eigenvalue weighted by atomic mass is 9.90. The molecule has 0 radical (unpaired) electrons. The maximum Gasteiger partial charge on any atom is 0.259 e. The van der Waals surface area contributed by atoms with Gasteiger partial charge in [0.05, 0.1) is 11.9 Å². The molecule has 1 atom stereocenters. The average Bonchev–Trinajstić information content (AvgIpc) is 3.28. The lowest BCUT2D eigenvalue weighted by Gasteiger charge is -2.32. The minimum Gasteiger partial charge on any atom is -0.361 e. The molecule has 1 saturated heterocycles. The van der Waals surface area contributed by atoms with Crippen molar-refractivity contribution in [2.45, 2.75) is 39.0 Å². The van der Waals surface area contributed by atoms with E-state index >= 15 is 0 Å². The van der Waals surface area contributed by atoms with Crippen LogP contribution in [0.3, 0.4) is 0 Å². The molecule has 0 bridgehead atoms. The number of piperidine rings is 1. The normalized spacial score (nSPS) is 17.3. The second-order valence-corrected chi connectivity index (χ2v) is 7.26. The third-order valence-corrected chi connectivity index (χ3v) is 5.35. The Bertz CT molecular complexity index is 909. The summed E-state index contributed by atoms with van der Waals surface area (Å²) in [5.41, 5.74) is 4.88. The number of amides is 1. The monoisotopic (exact) mass is 364 g/mol. The van der Waals surface area contributed by atoms with Crippen LogP contribution in [-0.2, 0) is 6.42 Å². The molecular weight excluding hydrogens is 340 g/mol. The van der Waals surface area contributed by atoms with Crippen LogP contribution in [0, 0.1) is 13.8 Å². The van der Waals surface area contributed by atoms with Gasteiger partial charge in [-0.25, -0.2) is 0 Å². The Kier molecular flexibility index (Phi) is 4.79. The van der Waals surface area contributed by atoms with E-state index in [1.54, 1.807) is 6.92 Å². The molecule has 1 aromatic carbocycles. The van der Waals surface area contributed by atoms with E-state index < -0.39 is 0 Å². The molecule has 1 aliphatic rings. The van der Waals surface area contributed by atoms with Crippen molar-refractivity contribution in [2.24, 2.45) is 0 Å². The molecule has 0 saturated carbocycles. The number of carbonyl (C=O) groups is 1. The zero-order chi connectivity index (χ0) is 18.8. The Balaban J connectivity index is 1.52. The van der Waals surface area contributed by atoms with Crippen LogP contribution in [0.25, 0.3) is 0 Å². The van der Waals surface area contributed by atoms with E-state index in [1.807, 2.05) is 24.1 Å². The van der Waals surface area contributed by atoms with E-state index in [9.17, 15) is 4.79 Å². The van der Waals surface area contributed by atoms with Gasteiger partial charge in [-0.2, -0.15) is 5.10 Å². The van der Waals surface area contributed by atoms with Gasteiger partial charge in [0.1, 0.15) is 11.3 Å². The highest BCUT2D eigenvalue weighted by Crippen LogP contribution is 2.30. The first kappa shape index (κ1) is 17.5. The molecule has 1 amide bonds. The largest absolute Gasteiger partial charge is 0.361 e. The zero-order valence-electron chi connectivity index (χ0n) is 15.7. The highest BCUT2D eigenvalue weighted by atomic mass is 16.5. The van der Waals surface area contributed by atoms with E-state index in [0.717, 1.165) is 31.5 Å². The van der Waals surface area contributed by atoms with Crippen LogP contribution in [0.4, 0.5) is 0 Å². The molecule has 1 unspecified atom stereocenters. The number of carbonyl (C=O) groups excluding carboxylic acids is 1. The van der Waals surface area contributed by atoms with Crippen LogP contribution in [-0.4, -0.2) is 39.3 Å². The van der Waals surface area contributed by atoms with Crippen molar-refractivity contribution in [1.29, 1.82) is 0 Å². The second kappa shape index (κ2) is 7.39. The SMILES string of the molecule is Cc1noc(C)c1C(=O)N1CCCC(c2[nH]ncc2Cc2ccccc2)C1. The average molecular weight is 364 g/mol. The quantitative estimate of drug-likeness (QED) is 0.767. The number of rotatable bonds is 4. The van der Waals surface area contributed by atoms with Crippen LogP contribution in [0.15, 0.2) is 41.1 Å². The van der Waals surface area contributed by atoms with Crippen molar-refractivity contribution < 1.29 is 9.32 Å². The fraction of sp³-hybridized carbons (Fsp3) is 0.381. The fourth-order valence-electron chi connectivity index (χ4n) is 3.97. The molecule has 0 spiro atoms. The number of nitrogens with one attached hydrogen (secondary N) is 1. The van der Waals surface area contributed by atoms with Crippen LogP contribution in [0.5, 0.6) is 0 Å². The first-order valence-electron chi connectivity index (χ1n) is 9.41. The van der Waals surface area contributed by atoms with E-state index in [0.29, 0.717) is 23.6 Å². The summed E-state index contributed by atoms with van der Waals surface area (Å²) >= 11 is 0. The van der Waals surface area contributed by atoms with Crippen LogP contribution >= 0.6 is 0 Å². The maximum absolute atomic E-state index is 13.0. The Morgan fingerprint density at radius 1 is 1.30 bits per heavy atom. The molecule has 2 aromatic heterocycles. The summed E-state index contributed by atoms with van der Waals surface area (Å²) < 4.78 is 5.18. The molecule has 3 aromatic rings. The fourth-order valence-corrected chi connectivity index (χ4v) is 3.97. The van der Waals surface area contributed by atoms with Crippen molar-refractivity contribution >= 4 is 5.91 Å². The van der Waals surface area contributed by atoms with Gasteiger partial charge >= 0.3 is 0 Å². The number of H-pyrrole nitrogens is 1. The molecule has 0 aliphatic carbocycles. The second-order valence-electron chi connectivity index (χ2n) is 7.26. The van der Waals surface area contributed by atoms with Crippen LogP contribution in [0.1, 0.15) is 57.4 Å².